The molecule has 0 aliphatic heterocycles. The number of hydrogen-bond acceptors (Lipinski definition) is 4. The molecule has 0 saturated carbocycles. The van der Waals surface area contributed by atoms with E-state index in [0.717, 1.165) is 0 Å². The number of rotatable bonds is 5. The number of nitrogens with two attached hydrogens (primary N) is 1. The first-order valence-electron chi connectivity index (χ1n) is 6.31. The second-order valence-corrected chi connectivity index (χ2v) is 4.10. The van der Waals surface area contributed by atoms with Gasteiger partial charge >= 0.3 is 0 Å². The molecule has 4 nitrogen and oxygen atoms in total. The standard InChI is InChI=1S/C14H17FN4/c1-2-13-18-9-12(17-8-7-16)14(19-13)10-5-3-4-6-11(10)15/h3-6,9,17H,2,7-8,16H2,1H3. The van der Waals surface area contributed by atoms with Crippen LogP contribution in [0.4, 0.5) is 10.1 Å². The van der Waals surface area contributed by atoms with Crippen LogP contribution in [0.5, 0.6) is 0 Å². The van der Waals surface area contributed by atoms with Gasteiger partial charge in [0, 0.05) is 25.1 Å². The van der Waals surface area contributed by atoms with Crippen LogP contribution < -0.4 is 11.1 Å². The first-order chi connectivity index (χ1) is 9.26. The van der Waals surface area contributed by atoms with Crippen molar-refractivity contribution < 1.29 is 4.39 Å². The van der Waals surface area contributed by atoms with E-state index in [1.807, 2.05) is 6.92 Å². The number of anilines is 1. The Morgan fingerprint density at radius 3 is 2.79 bits per heavy atom. The third-order valence-electron chi connectivity index (χ3n) is 2.74. The molecule has 5 heteroatoms. The number of nitrogens with zero attached hydrogens (tertiary/aromatic N) is 2. The smallest absolute Gasteiger partial charge is 0.132 e. The van der Waals surface area contributed by atoms with Crippen LogP contribution in [0, 0.1) is 5.82 Å². The highest BCUT2D eigenvalue weighted by molar-refractivity contribution is 5.74. The minimum atomic E-state index is -0.293. The summed E-state index contributed by atoms with van der Waals surface area (Å²) < 4.78 is 13.9. The molecule has 0 radical (unpaired) electrons. The topological polar surface area (TPSA) is 63.8 Å². The maximum atomic E-state index is 13.9. The number of aromatic nitrogens is 2. The Kier molecular flexibility index (Phi) is 4.41. The predicted molar refractivity (Wildman–Crippen MR) is 74.3 cm³/mol. The van der Waals surface area contributed by atoms with Gasteiger partial charge < -0.3 is 11.1 Å². The minimum Gasteiger partial charge on any atom is -0.381 e. The van der Waals surface area contributed by atoms with E-state index in [-0.39, 0.29) is 5.82 Å². The lowest BCUT2D eigenvalue weighted by molar-refractivity contribution is 0.630. The zero-order valence-corrected chi connectivity index (χ0v) is 10.9. The van der Waals surface area contributed by atoms with Crippen molar-refractivity contribution in [3.63, 3.8) is 0 Å². The summed E-state index contributed by atoms with van der Waals surface area (Å²) in [5.41, 5.74) is 7.23. The molecule has 19 heavy (non-hydrogen) atoms. The van der Waals surface area contributed by atoms with E-state index in [4.69, 9.17) is 5.73 Å². The van der Waals surface area contributed by atoms with Crippen molar-refractivity contribution >= 4 is 5.69 Å². The molecule has 3 N–H and O–H groups in total. The van der Waals surface area contributed by atoms with Gasteiger partial charge in [0.2, 0.25) is 0 Å². The molecule has 0 amide bonds. The molecule has 2 rings (SSSR count). The fourth-order valence-electron chi connectivity index (χ4n) is 1.78. The zero-order chi connectivity index (χ0) is 13.7. The molecular weight excluding hydrogens is 243 g/mol. The first-order valence-corrected chi connectivity index (χ1v) is 6.31. The lowest BCUT2D eigenvalue weighted by Gasteiger charge is -2.12. The first kappa shape index (κ1) is 13.4. The van der Waals surface area contributed by atoms with Gasteiger partial charge in [-0.15, -0.1) is 0 Å². The summed E-state index contributed by atoms with van der Waals surface area (Å²) in [6.07, 6.45) is 2.39. The Morgan fingerprint density at radius 2 is 2.11 bits per heavy atom. The Morgan fingerprint density at radius 1 is 1.32 bits per heavy atom. The molecule has 0 fully saturated rings. The van der Waals surface area contributed by atoms with Crippen LogP contribution in [-0.4, -0.2) is 23.1 Å². The Hall–Kier alpha value is -2.01. The van der Waals surface area contributed by atoms with Crippen LogP contribution in [0.2, 0.25) is 0 Å². The number of halogens is 1. The monoisotopic (exact) mass is 260 g/mol. The summed E-state index contributed by atoms with van der Waals surface area (Å²) in [7, 11) is 0. The van der Waals surface area contributed by atoms with Crippen LogP contribution in [0.3, 0.4) is 0 Å². The lowest BCUT2D eigenvalue weighted by atomic mass is 10.1. The second-order valence-electron chi connectivity index (χ2n) is 4.10. The quantitative estimate of drug-likeness (QED) is 0.865. The van der Waals surface area contributed by atoms with Crippen LogP contribution in [0.1, 0.15) is 12.7 Å². The van der Waals surface area contributed by atoms with Gasteiger partial charge in [0.1, 0.15) is 17.3 Å². The summed E-state index contributed by atoms with van der Waals surface area (Å²) in [4.78, 5) is 8.65. The molecule has 0 spiro atoms. The van der Waals surface area contributed by atoms with E-state index in [0.29, 0.717) is 42.3 Å². The fraction of sp³-hybridized carbons (Fsp3) is 0.286. The molecule has 0 unspecified atom stereocenters. The third kappa shape index (κ3) is 3.06. The van der Waals surface area contributed by atoms with Crippen molar-refractivity contribution in [1.29, 1.82) is 0 Å². The molecule has 100 valence electrons. The van der Waals surface area contributed by atoms with Gasteiger partial charge in [-0.1, -0.05) is 19.1 Å². The highest BCUT2D eigenvalue weighted by Gasteiger charge is 2.12. The Bertz CT molecular complexity index is 557. The van der Waals surface area contributed by atoms with Crippen LogP contribution in [-0.2, 0) is 6.42 Å². The summed E-state index contributed by atoms with van der Waals surface area (Å²) in [6.45, 7) is 3.05. The summed E-state index contributed by atoms with van der Waals surface area (Å²) in [5, 5.41) is 3.12. The summed E-state index contributed by atoms with van der Waals surface area (Å²) in [6, 6.07) is 6.59. The van der Waals surface area contributed by atoms with Crippen LogP contribution in [0.25, 0.3) is 11.3 Å². The van der Waals surface area contributed by atoms with Crippen molar-refractivity contribution in [2.24, 2.45) is 5.73 Å². The average molecular weight is 260 g/mol. The van der Waals surface area contributed by atoms with Crippen molar-refractivity contribution in [2.75, 3.05) is 18.4 Å². The van der Waals surface area contributed by atoms with E-state index >= 15 is 0 Å². The molecule has 0 saturated heterocycles. The maximum absolute atomic E-state index is 13.9. The van der Waals surface area contributed by atoms with Crippen molar-refractivity contribution in [3.05, 3.63) is 42.1 Å². The van der Waals surface area contributed by atoms with Crippen molar-refractivity contribution in [2.45, 2.75) is 13.3 Å². The van der Waals surface area contributed by atoms with Gasteiger partial charge in [-0.2, -0.15) is 0 Å². The van der Waals surface area contributed by atoms with Crippen molar-refractivity contribution in [3.8, 4) is 11.3 Å². The van der Waals surface area contributed by atoms with Crippen LogP contribution >= 0.6 is 0 Å². The van der Waals surface area contributed by atoms with Gasteiger partial charge in [0.25, 0.3) is 0 Å². The van der Waals surface area contributed by atoms with Gasteiger partial charge in [0.15, 0.2) is 0 Å². The SMILES string of the molecule is CCc1ncc(NCCN)c(-c2ccccc2F)n1. The van der Waals surface area contributed by atoms with E-state index < -0.39 is 0 Å². The van der Waals surface area contributed by atoms with Crippen LogP contribution in [0.15, 0.2) is 30.5 Å². The fourth-order valence-corrected chi connectivity index (χ4v) is 1.78. The molecular formula is C14H17FN4. The molecule has 1 aromatic carbocycles. The predicted octanol–water partition coefficient (Wildman–Crippen LogP) is 2.22. The molecule has 1 heterocycles. The normalized spacial score (nSPS) is 10.5. The van der Waals surface area contributed by atoms with E-state index in [1.54, 1.807) is 24.4 Å². The molecule has 1 aromatic heterocycles. The van der Waals surface area contributed by atoms with Crippen molar-refractivity contribution in [1.82, 2.24) is 9.97 Å². The Balaban J connectivity index is 2.49. The van der Waals surface area contributed by atoms with E-state index in [1.165, 1.54) is 6.07 Å². The summed E-state index contributed by atoms with van der Waals surface area (Å²) in [5.74, 6) is 0.399. The highest BCUT2D eigenvalue weighted by atomic mass is 19.1. The van der Waals surface area contributed by atoms with Gasteiger partial charge in [-0.3, -0.25) is 0 Å². The number of benzene rings is 1. The van der Waals surface area contributed by atoms with Gasteiger partial charge in [-0.05, 0) is 12.1 Å². The molecule has 0 bridgehead atoms. The Labute approximate surface area is 111 Å². The van der Waals surface area contributed by atoms with Gasteiger partial charge in [-0.25, -0.2) is 14.4 Å². The molecule has 2 aromatic rings. The van der Waals surface area contributed by atoms with Gasteiger partial charge in [0.05, 0.1) is 11.9 Å². The van der Waals surface area contributed by atoms with E-state index in [2.05, 4.69) is 15.3 Å². The molecule has 0 aliphatic carbocycles. The molecule has 0 atom stereocenters. The number of nitrogens with one attached hydrogen (secondary N) is 1. The summed E-state index contributed by atoms with van der Waals surface area (Å²) >= 11 is 0. The minimum absolute atomic E-state index is 0.293. The number of hydrogen-bond donors (Lipinski definition) is 2. The molecule has 0 aliphatic rings. The maximum Gasteiger partial charge on any atom is 0.132 e. The zero-order valence-electron chi connectivity index (χ0n) is 10.9. The largest absolute Gasteiger partial charge is 0.381 e. The van der Waals surface area contributed by atoms with E-state index in [9.17, 15) is 4.39 Å². The number of aryl methyl sites for hydroxylation is 1. The third-order valence-corrected chi connectivity index (χ3v) is 2.74. The second kappa shape index (κ2) is 6.24. The average Bonchev–Trinajstić information content (AvgIpc) is 2.45. The lowest BCUT2D eigenvalue weighted by Crippen LogP contribution is -2.14. The highest BCUT2D eigenvalue weighted by Crippen LogP contribution is 2.27.